The van der Waals surface area contributed by atoms with Crippen LogP contribution < -0.4 is 25.6 Å². The molecule has 77 heavy (non-hydrogen) atoms. The number of halogens is 1. The Balaban J connectivity index is 0.752. The number of aliphatic hydroxyl groups is 1. The number of aryl methyl sites for hydroxylation is 1. The van der Waals surface area contributed by atoms with E-state index < -0.39 is 47.0 Å². The number of alkyl halides is 1. The number of fused-ring (bicyclic) bond motifs is 1. The Kier molecular flexibility index (Phi) is 14.8. The highest BCUT2D eigenvalue weighted by Crippen LogP contribution is 2.44. The van der Waals surface area contributed by atoms with E-state index in [0.29, 0.717) is 30.0 Å². The lowest BCUT2D eigenvalue weighted by atomic mass is 9.71. The summed E-state index contributed by atoms with van der Waals surface area (Å²) in [5, 5.41) is 44.6. The van der Waals surface area contributed by atoms with E-state index in [4.69, 9.17) is 9.72 Å². The third kappa shape index (κ3) is 11.3. The van der Waals surface area contributed by atoms with Gasteiger partial charge in [0.05, 0.1) is 56.4 Å². The molecule has 4 N–H and O–H groups in total. The van der Waals surface area contributed by atoms with Crippen molar-refractivity contribution in [1.29, 1.82) is 5.26 Å². The quantitative estimate of drug-likeness (QED) is 0.0816. The van der Waals surface area contributed by atoms with Crippen molar-refractivity contribution < 1.29 is 33.4 Å². The molecule has 22 heteroatoms. The van der Waals surface area contributed by atoms with Crippen molar-refractivity contribution >= 4 is 62.6 Å². The maximum absolute atomic E-state index is 14.7. The van der Waals surface area contributed by atoms with Crippen LogP contribution in [0.2, 0.25) is 0 Å². The van der Waals surface area contributed by atoms with Crippen LogP contribution in [0.25, 0.3) is 37.9 Å². The largest absolute Gasteiger partial charge is 0.483 e. The number of benzene rings is 1. The Morgan fingerprint density at radius 1 is 0.974 bits per heavy atom. The predicted octanol–water partition coefficient (Wildman–Crippen LogP) is 6.94. The summed E-state index contributed by atoms with van der Waals surface area (Å²) in [6.45, 7) is 13.9. The van der Waals surface area contributed by atoms with E-state index in [2.05, 4.69) is 61.0 Å². The summed E-state index contributed by atoms with van der Waals surface area (Å²) in [7, 11) is 0. The van der Waals surface area contributed by atoms with Gasteiger partial charge in [0.25, 0.3) is 11.8 Å². The molecule has 4 aliphatic rings. The molecule has 1 aliphatic carbocycles. The average Bonchev–Trinajstić information content (AvgIpc) is 3.91. The van der Waals surface area contributed by atoms with Crippen LogP contribution in [0.5, 0.6) is 5.75 Å². The molecule has 8 heterocycles. The van der Waals surface area contributed by atoms with Crippen molar-refractivity contribution in [2.45, 2.75) is 123 Å². The monoisotopic (exact) mass is 1090 g/mol. The van der Waals surface area contributed by atoms with E-state index in [-0.39, 0.29) is 56.3 Å². The molecule has 0 bridgehead atoms. The molecule has 19 nitrogen and oxygen atoms in total. The minimum atomic E-state index is -1.99. The van der Waals surface area contributed by atoms with Gasteiger partial charge in [0.2, 0.25) is 16.9 Å². The summed E-state index contributed by atoms with van der Waals surface area (Å²) >= 11 is 3.03. The summed E-state index contributed by atoms with van der Waals surface area (Å²) in [5.41, 5.74) is 5.95. The maximum Gasteiger partial charge on any atom is 0.260 e. The molecule has 404 valence electrons. The van der Waals surface area contributed by atoms with Crippen molar-refractivity contribution in [1.82, 2.24) is 50.2 Å². The van der Waals surface area contributed by atoms with Crippen LogP contribution in [0.4, 0.5) is 15.2 Å². The molecular formula is C55H64FN13O6S2. The smallest absolute Gasteiger partial charge is 0.260 e. The Bertz CT molecular complexity index is 3250. The number of nitrogens with zero attached hydrogens (tertiary/aromatic N) is 10. The van der Waals surface area contributed by atoms with Gasteiger partial charge in [-0.25, -0.2) is 13.9 Å². The van der Waals surface area contributed by atoms with Crippen molar-refractivity contribution in [3.8, 4) is 44.2 Å². The lowest BCUT2D eigenvalue weighted by Gasteiger charge is -2.46. The Labute approximate surface area is 454 Å². The molecule has 4 fully saturated rings. The van der Waals surface area contributed by atoms with E-state index in [0.717, 1.165) is 93.2 Å². The molecule has 6 aromatic rings. The number of piperidine rings is 2. The molecule has 3 saturated heterocycles. The Morgan fingerprint density at radius 2 is 1.73 bits per heavy atom. The van der Waals surface area contributed by atoms with Crippen LogP contribution in [0.3, 0.4) is 0 Å². The number of thiazole rings is 1. The van der Waals surface area contributed by atoms with Crippen LogP contribution in [-0.4, -0.2) is 138 Å². The standard InChI is InChI=1S/C55H64FN13O6S2/c1-32(2)62-40-24-41(42-10-9-37-21-34(25-57)26-61-69(37)42)58-28-39(40)49-64-65-52(77-49)67-19-15-54(16-20-67)13-17-66(18-14-54)45(71)30-75-44-22-35(46-33(3)60-31-76-46)7-8-36(44)27-59-48(72)43-23-38(70)29-68(43)50(73)47(53(4,5)6)63-51(74)55(56)11-12-55/h7-10,21-22,24,26,28,31-32,38,43,47,70H,11-20,23,27,29-30H2,1-6H3,(H,58,62)(H,59,72)(H,63,74)/t38-,43+,47-/m1/s1. The summed E-state index contributed by atoms with van der Waals surface area (Å²) in [4.78, 5) is 70.3. The number of hydrogen-bond donors (Lipinski definition) is 4. The first-order valence-electron chi connectivity index (χ1n) is 26.2. The van der Waals surface area contributed by atoms with Crippen molar-refractivity contribution in [3.63, 3.8) is 0 Å². The number of β-amino-alcohol motifs (C(OH)–C–C–N with tert-alkyl or cyclic N) is 1. The van der Waals surface area contributed by atoms with E-state index in [1.165, 1.54) is 16.2 Å². The number of hydrogen-bond acceptors (Lipinski definition) is 16. The van der Waals surface area contributed by atoms with Gasteiger partial charge in [0, 0.05) is 69.2 Å². The molecule has 0 radical (unpaired) electrons. The number of nitrogens with one attached hydrogen (secondary N) is 3. The molecule has 1 aromatic carbocycles. The van der Waals surface area contributed by atoms with E-state index in [1.807, 2.05) is 54.4 Å². The van der Waals surface area contributed by atoms with Crippen molar-refractivity contribution in [2.75, 3.05) is 49.5 Å². The molecule has 4 amide bonds. The first-order chi connectivity index (χ1) is 36.8. The van der Waals surface area contributed by atoms with Crippen molar-refractivity contribution in [2.24, 2.45) is 10.8 Å². The van der Waals surface area contributed by atoms with Gasteiger partial charge in [-0.2, -0.15) is 10.4 Å². The molecule has 0 unspecified atom stereocenters. The van der Waals surface area contributed by atoms with Gasteiger partial charge < -0.3 is 40.5 Å². The van der Waals surface area contributed by atoms with Crippen molar-refractivity contribution in [3.05, 3.63) is 77.2 Å². The first-order valence-corrected chi connectivity index (χ1v) is 27.9. The fraction of sp³-hybridized carbons (Fsp3) is 0.491. The second kappa shape index (κ2) is 21.4. The summed E-state index contributed by atoms with van der Waals surface area (Å²) in [6.07, 6.45) is 6.24. The Hall–Kier alpha value is -7.09. The Morgan fingerprint density at radius 3 is 2.42 bits per heavy atom. The lowest BCUT2D eigenvalue weighted by molar-refractivity contribution is -0.145. The molecule has 1 spiro atoms. The zero-order valence-electron chi connectivity index (χ0n) is 44.1. The van der Waals surface area contributed by atoms with E-state index >= 15 is 0 Å². The molecule has 3 aliphatic heterocycles. The fourth-order valence-corrected chi connectivity index (χ4v) is 12.3. The third-order valence-corrected chi connectivity index (χ3v) is 17.4. The van der Waals surface area contributed by atoms with Crippen LogP contribution in [0, 0.1) is 29.1 Å². The zero-order chi connectivity index (χ0) is 54.4. The number of anilines is 2. The predicted molar refractivity (Wildman–Crippen MR) is 291 cm³/mol. The number of amides is 4. The van der Waals surface area contributed by atoms with Crippen LogP contribution in [0.15, 0.2) is 60.4 Å². The highest BCUT2D eigenvalue weighted by molar-refractivity contribution is 7.18. The summed E-state index contributed by atoms with van der Waals surface area (Å²) in [6, 6.07) is 13.4. The van der Waals surface area contributed by atoms with E-state index in [1.54, 1.807) is 54.4 Å². The van der Waals surface area contributed by atoms with Crippen LogP contribution >= 0.6 is 22.7 Å². The molecular weight excluding hydrogens is 1020 g/mol. The number of nitriles is 1. The highest BCUT2D eigenvalue weighted by Gasteiger charge is 2.53. The van der Waals surface area contributed by atoms with Gasteiger partial charge in [-0.05, 0) is 106 Å². The molecule has 3 atom stereocenters. The van der Waals surface area contributed by atoms with Gasteiger partial charge >= 0.3 is 0 Å². The normalized spacial score (nSPS) is 19.3. The third-order valence-electron chi connectivity index (χ3n) is 15.4. The molecule has 1 saturated carbocycles. The number of carbonyl (C=O) groups is 4. The highest BCUT2D eigenvalue weighted by atomic mass is 32.1. The fourth-order valence-electron chi connectivity index (χ4n) is 10.6. The van der Waals surface area contributed by atoms with Gasteiger partial charge in [-0.3, -0.25) is 24.2 Å². The second-order valence-electron chi connectivity index (χ2n) is 22.3. The van der Waals surface area contributed by atoms with Gasteiger partial charge in [-0.15, -0.1) is 21.5 Å². The van der Waals surface area contributed by atoms with Gasteiger partial charge in [0.15, 0.2) is 17.3 Å². The minimum Gasteiger partial charge on any atom is -0.483 e. The van der Waals surface area contributed by atoms with Gasteiger partial charge in [-0.1, -0.05) is 44.2 Å². The van der Waals surface area contributed by atoms with Crippen LogP contribution in [-0.2, 0) is 25.7 Å². The number of aliphatic hydroxyl groups excluding tert-OH is 1. The second-order valence-corrected chi connectivity index (χ2v) is 24.1. The molecule has 5 aromatic heterocycles. The van der Waals surface area contributed by atoms with Crippen LogP contribution in [0.1, 0.15) is 96.4 Å². The summed E-state index contributed by atoms with van der Waals surface area (Å²) in [5.74, 6) is -1.63. The zero-order valence-corrected chi connectivity index (χ0v) is 45.8. The number of aromatic nitrogens is 6. The number of carbonyl (C=O) groups excluding carboxylic acids is 4. The first kappa shape index (κ1) is 53.3. The maximum atomic E-state index is 14.7. The average molecular weight is 1090 g/mol. The topological polar surface area (TPSA) is 236 Å². The SMILES string of the molecule is Cc1ncsc1-c1ccc(CNC(=O)[C@@H]2C[C@@H](O)CN2C(=O)[C@@H](NC(=O)C2(F)CC2)C(C)(C)C)c(OCC(=O)N2CCC3(CC2)CCN(c2nnc(-c4cnc(-c5ccc6cc(C#N)cnn56)cc4NC(C)C)s2)CC3)c1. The number of rotatable bonds is 15. The number of ether oxygens (including phenoxy) is 1. The summed E-state index contributed by atoms with van der Waals surface area (Å²) < 4.78 is 22.8. The van der Waals surface area contributed by atoms with E-state index in [9.17, 15) is 33.9 Å². The molecule has 10 rings (SSSR count). The lowest BCUT2D eigenvalue weighted by Crippen LogP contribution is -2.59. The number of pyridine rings is 1. The number of likely N-dealkylation sites (tertiary alicyclic amines) is 2. The minimum absolute atomic E-state index is 0.00270. The van der Waals surface area contributed by atoms with Gasteiger partial charge in [0.1, 0.15) is 23.9 Å².